The molecule has 106 valence electrons. The number of rotatable bonds is 3. The lowest BCUT2D eigenvalue weighted by atomic mass is 9.92. The fourth-order valence-electron chi connectivity index (χ4n) is 1.79. The van der Waals surface area contributed by atoms with Crippen LogP contribution in [0.15, 0.2) is 40.9 Å². The molecule has 0 fully saturated rings. The van der Waals surface area contributed by atoms with E-state index in [-0.39, 0.29) is 15.1 Å². The van der Waals surface area contributed by atoms with Crippen molar-refractivity contribution in [1.29, 1.82) is 5.26 Å². The summed E-state index contributed by atoms with van der Waals surface area (Å²) in [6.07, 6.45) is 0. The predicted molar refractivity (Wildman–Crippen MR) is 83.2 cm³/mol. The highest BCUT2D eigenvalue weighted by atomic mass is 79.9. The first-order chi connectivity index (χ1) is 9.93. The molecular formula is C15H7BrCl2FNO. The van der Waals surface area contributed by atoms with Crippen molar-refractivity contribution in [2.75, 3.05) is 0 Å². The van der Waals surface area contributed by atoms with Crippen LogP contribution < -0.4 is 0 Å². The van der Waals surface area contributed by atoms with Gasteiger partial charge in [0.2, 0.25) is 0 Å². The van der Waals surface area contributed by atoms with Crippen LogP contribution in [0.3, 0.4) is 0 Å². The zero-order valence-electron chi connectivity index (χ0n) is 10.4. The topological polar surface area (TPSA) is 40.9 Å². The number of carbonyl (C=O) groups is 1. The second-order valence-electron chi connectivity index (χ2n) is 4.23. The molecule has 1 atom stereocenters. The molecule has 6 heteroatoms. The molecule has 2 aromatic carbocycles. The summed E-state index contributed by atoms with van der Waals surface area (Å²) in [5, 5.41) is 9.83. The number of hydrogen-bond donors (Lipinski definition) is 0. The number of ketones is 1. The Labute approximate surface area is 139 Å². The summed E-state index contributed by atoms with van der Waals surface area (Å²) < 4.78 is 13.8. The van der Waals surface area contributed by atoms with Crippen molar-refractivity contribution in [3.8, 4) is 6.07 Å². The number of nitrogens with zero attached hydrogens (tertiary/aromatic N) is 1. The third kappa shape index (κ3) is 3.44. The zero-order chi connectivity index (χ0) is 15.6. The highest BCUT2D eigenvalue weighted by Crippen LogP contribution is 2.29. The fourth-order valence-corrected chi connectivity index (χ4v) is 2.35. The smallest absolute Gasteiger partial charge is 0.184 e. The number of Topliss-reactive ketones (excluding diaryl/α,β-unsaturated/α-hetero) is 1. The first kappa shape index (κ1) is 16.0. The van der Waals surface area contributed by atoms with Crippen LogP contribution in [0.4, 0.5) is 4.39 Å². The van der Waals surface area contributed by atoms with E-state index in [1.807, 2.05) is 6.07 Å². The van der Waals surface area contributed by atoms with Gasteiger partial charge in [0.1, 0.15) is 11.7 Å². The van der Waals surface area contributed by atoms with E-state index >= 15 is 0 Å². The maximum atomic E-state index is 13.5. The van der Waals surface area contributed by atoms with Crippen molar-refractivity contribution in [2.45, 2.75) is 5.92 Å². The third-order valence-corrected chi connectivity index (χ3v) is 4.25. The van der Waals surface area contributed by atoms with Crippen molar-refractivity contribution < 1.29 is 9.18 Å². The lowest BCUT2D eigenvalue weighted by Gasteiger charge is -2.10. The molecule has 0 N–H and O–H groups in total. The summed E-state index contributed by atoms with van der Waals surface area (Å²) in [4.78, 5) is 12.4. The fraction of sp³-hybridized carbons (Fsp3) is 0.0667. The molecule has 0 aliphatic heterocycles. The third-order valence-electron chi connectivity index (χ3n) is 2.87. The molecule has 0 amide bonds. The maximum Gasteiger partial charge on any atom is 0.184 e. The molecule has 0 saturated heterocycles. The van der Waals surface area contributed by atoms with E-state index in [0.717, 1.165) is 6.07 Å². The van der Waals surface area contributed by atoms with Crippen LogP contribution in [0, 0.1) is 17.1 Å². The molecule has 0 saturated carbocycles. The second kappa shape index (κ2) is 6.57. The van der Waals surface area contributed by atoms with Gasteiger partial charge in [-0.3, -0.25) is 4.79 Å². The Balaban J connectivity index is 2.41. The molecule has 2 nitrogen and oxygen atoms in total. The molecule has 2 rings (SSSR count). The summed E-state index contributed by atoms with van der Waals surface area (Å²) in [6.45, 7) is 0. The van der Waals surface area contributed by atoms with Gasteiger partial charge in [-0.25, -0.2) is 4.39 Å². The van der Waals surface area contributed by atoms with Crippen LogP contribution in [0.1, 0.15) is 21.8 Å². The molecule has 0 spiro atoms. The van der Waals surface area contributed by atoms with Gasteiger partial charge in [0, 0.05) is 5.56 Å². The molecule has 0 aromatic heterocycles. The van der Waals surface area contributed by atoms with Crippen LogP contribution in [0.2, 0.25) is 10.0 Å². The van der Waals surface area contributed by atoms with E-state index in [9.17, 15) is 14.4 Å². The Morgan fingerprint density at radius 3 is 2.48 bits per heavy atom. The van der Waals surface area contributed by atoms with Gasteiger partial charge in [-0.2, -0.15) is 5.26 Å². The molecule has 0 aliphatic rings. The molecular weight excluding hydrogens is 380 g/mol. The minimum absolute atomic E-state index is 0.119. The van der Waals surface area contributed by atoms with Crippen molar-refractivity contribution in [3.05, 3.63) is 67.9 Å². The highest BCUT2D eigenvalue weighted by molar-refractivity contribution is 9.10. The van der Waals surface area contributed by atoms with E-state index in [4.69, 9.17) is 23.2 Å². The van der Waals surface area contributed by atoms with Gasteiger partial charge in [0.05, 0.1) is 20.6 Å². The van der Waals surface area contributed by atoms with Crippen molar-refractivity contribution in [3.63, 3.8) is 0 Å². The van der Waals surface area contributed by atoms with Gasteiger partial charge >= 0.3 is 0 Å². The Morgan fingerprint density at radius 2 is 1.90 bits per heavy atom. The highest BCUT2D eigenvalue weighted by Gasteiger charge is 2.23. The number of nitriles is 1. The number of benzene rings is 2. The molecule has 0 heterocycles. The monoisotopic (exact) mass is 385 g/mol. The number of carbonyl (C=O) groups excluding carboxylic acids is 1. The summed E-state index contributed by atoms with van der Waals surface area (Å²) in [6, 6.07) is 10.4. The van der Waals surface area contributed by atoms with Gasteiger partial charge in [-0.15, -0.1) is 0 Å². The average Bonchev–Trinajstić information content (AvgIpc) is 2.46. The van der Waals surface area contributed by atoms with Crippen LogP contribution >= 0.6 is 39.1 Å². The van der Waals surface area contributed by atoms with E-state index in [1.165, 1.54) is 24.3 Å². The first-order valence-corrected chi connectivity index (χ1v) is 7.32. The van der Waals surface area contributed by atoms with Crippen LogP contribution in [-0.2, 0) is 0 Å². The summed E-state index contributed by atoms with van der Waals surface area (Å²) in [7, 11) is 0. The number of hydrogen-bond acceptors (Lipinski definition) is 2. The van der Waals surface area contributed by atoms with E-state index in [2.05, 4.69) is 15.9 Å². The van der Waals surface area contributed by atoms with Crippen molar-refractivity contribution >= 4 is 44.9 Å². The quantitative estimate of drug-likeness (QED) is 0.664. The Bertz CT molecular complexity index is 758. The van der Waals surface area contributed by atoms with Gasteiger partial charge < -0.3 is 0 Å². The summed E-state index contributed by atoms with van der Waals surface area (Å²) in [5.74, 6) is -2.13. The lowest BCUT2D eigenvalue weighted by Crippen LogP contribution is -2.11. The number of halogens is 4. The largest absolute Gasteiger partial charge is 0.292 e. The maximum absolute atomic E-state index is 13.5. The van der Waals surface area contributed by atoms with Crippen molar-refractivity contribution in [2.24, 2.45) is 0 Å². The van der Waals surface area contributed by atoms with Gasteiger partial charge in [-0.1, -0.05) is 35.3 Å². The standard InChI is InChI=1S/C15H7BrCl2FNO/c16-11-3-1-9(6-14(11)19)15(21)10(7-20)8-2-4-12(17)13(18)5-8/h1-6,10H. The van der Waals surface area contributed by atoms with Gasteiger partial charge in [0.15, 0.2) is 5.78 Å². The minimum Gasteiger partial charge on any atom is -0.292 e. The van der Waals surface area contributed by atoms with Gasteiger partial charge in [-0.05, 0) is 45.8 Å². The second-order valence-corrected chi connectivity index (χ2v) is 5.90. The van der Waals surface area contributed by atoms with Crippen LogP contribution in [0.25, 0.3) is 0 Å². The Hall–Kier alpha value is -1.41. The Kier molecular flexibility index (Phi) is 5.00. The van der Waals surface area contributed by atoms with Crippen LogP contribution in [-0.4, -0.2) is 5.78 Å². The summed E-state index contributed by atoms with van der Waals surface area (Å²) >= 11 is 14.7. The molecule has 21 heavy (non-hydrogen) atoms. The predicted octanol–water partition coefficient (Wildman–Crippen LogP) is 5.39. The van der Waals surface area contributed by atoms with E-state index in [0.29, 0.717) is 10.6 Å². The zero-order valence-corrected chi connectivity index (χ0v) is 13.5. The molecule has 0 radical (unpaired) electrons. The van der Waals surface area contributed by atoms with Crippen LogP contribution in [0.5, 0.6) is 0 Å². The van der Waals surface area contributed by atoms with Crippen molar-refractivity contribution in [1.82, 2.24) is 0 Å². The average molecular weight is 387 g/mol. The van der Waals surface area contributed by atoms with E-state index < -0.39 is 17.5 Å². The normalized spacial score (nSPS) is 11.8. The van der Waals surface area contributed by atoms with Gasteiger partial charge in [0.25, 0.3) is 0 Å². The molecule has 0 bridgehead atoms. The minimum atomic E-state index is -1.07. The summed E-state index contributed by atoms with van der Waals surface area (Å²) in [5.41, 5.74) is 0.536. The van der Waals surface area contributed by atoms with E-state index in [1.54, 1.807) is 6.07 Å². The molecule has 2 aromatic rings. The lowest BCUT2D eigenvalue weighted by molar-refractivity contribution is 0.0978. The first-order valence-electron chi connectivity index (χ1n) is 5.78. The Morgan fingerprint density at radius 1 is 1.19 bits per heavy atom. The molecule has 1 unspecified atom stereocenters. The molecule has 0 aliphatic carbocycles. The SMILES string of the molecule is N#CC(C(=O)c1ccc(Br)c(F)c1)c1ccc(Cl)c(Cl)c1.